The minimum Gasteiger partial charge on any atom is -0.313 e. The second kappa shape index (κ2) is 5.28. The Morgan fingerprint density at radius 2 is 2.18 bits per heavy atom. The van der Waals surface area contributed by atoms with Crippen LogP contribution in [0.4, 0.5) is 0 Å². The Bertz CT molecular complexity index is 365. The fourth-order valence-corrected chi connectivity index (χ4v) is 4.14. The molecule has 1 saturated carbocycles. The van der Waals surface area contributed by atoms with Crippen LogP contribution in [-0.4, -0.2) is 32.6 Å². The van der Waals surface area contributed by atoms with Gasteiger partial charge in [0, 0.05) is 17.8 Å². The third-order valence-electron chi connectivity index (χ3n) is 3.50. The first kappa shape index (κ1) is 12.0. The van der Waals surface area contributed by atoms with Crippen LogP contribution in [0, 0.1) is 0 Å². The van der Waals surface area contributed by atoms with Crippen molar-refractivity contribution in [2.24, 2.45) is 0 Å². The molecule has 0 aromatic carbocycles. The summed E-state index contributed by atoms with van der Waals surface area (Å²) >= 11 is 5.15. The summed E-state index contributed by atoms with van der Waals surface area (Å²) in [5, 5.41) is 9.66. The molecule has 4 nitrogen and oxygen atoms in total. The molecule has 1 aromatic rings. The molecular weight excluding hydrogens is 300 g/mol. The molecule has 1 unspecified atom stereocenters. The van der Waals surface area contributed by atoms with Crippen LogP contribution in [0.25, 0.3) is 0 Å². The molecule has 0 bridgehead atoms. The zero-order chi connectivity index (χ0) is 11.7. The van der Waals surface area contributed by atoms with Crippen LogP contribution >= 0.6 is 27.7 Å². The molecule has 2 heterocycles. The van der Waals surface area contributed by atoms with Crippen molar-refractivity contribution in [3.05, 3.63) is 4.73 Å². The van der Waals surface area contributed by atoms with Gasteiger partial charge >= 0.3 is 0 Å². The average Bonchev–Trinajstić information content (AvgIpc) is 2.84. The van der Waals surface area contributed by atoms with Gasteiger partial charge in [-0.1, -0.05) is 31.0 Å². The SMILES string of the molecule is Brc1nc2n(n1)CC(CNC1CCCCC1)S2. The summed E-state index contributed by atoms with van der Waals surface area (Å²) in [6.07, 6.45) is 6.91. The molecule has 1 N–H and O–H groups in total. The first-order chi connectivity index (χ1) is 8.31. The zero-order valence-corrected chi connectivity index (χ0v) is 12.1. The van der Waals surface area contributed by atoms with E-state index in [0.29, 0.717) is 9.98 Å². The van der Waals surface area contributed by atoms with Crippen LogP contribution in [-0.2, 0) is 6.54 Å². The van der Waals surface area contributed by atoms with E-state index in [0.717, 1.165) is 24.3 Å². The number of nitrogens with one attached hydrogen (secondary N) is 1. The number of thioether (sulfide) groups is 1. The first-order valence-corrected chi connectivity index (χ1v) is 7.99. The number of rotatable bonds is 3. The average molecular weight is 317 g/mol. The Labute approximate surface area is 114 Å². The highest BCUT2D eigenvalue weighted by Crippen LogP contribution is 2.30. The van der Waals surface area contributed by atoms with Crippen LogP contribution in [0.2, 0.25) is 0 Å². The number of aromatic nitrogens is 3. The molecule has 17 heavy (non-hydrogen) atoms. The fourth-order valence-electron chi connectivity index (χ4n) is 2.60. The van der Waals surface area contributed by atoms with Crippen molar-refractivity contribution in [2.75, 3.05) is 6.54 Å². The smallest absolute Gasteiger partial charge is 0.218 e. The Balaban J connectivity index is 1.47. The van der Waals surface area contributed by atoms with Crippen molar-refractivity contribution in [3.8, 4) is 0 Å². The van der Waals surface area contributed by atoms with E-state index < -0.39 is 0 Å². The van der Waals surface area contributed by atoms with Crippen molar-refractivity contribution < 1.29 is 0 Å². The summed E-state index contributed by atoms with van der Waals surface area (Å²) in [5.41, 5.74) is 0. The van der Waals surface area contributed by atoms with Crippen molar-refractivity contribution in [1.82, 2.24) is 20.1 Å². The van der Waals surface area contributed by atoms with Gasteiger partial charge in [0.1, 0.15) is 0 Å². The van der Waals surface area contributed by atoms with Gasteiger partial charge in [-0.05, 0) is 28.8 Å². The van der Waals surface area contributed by atoms with E-state index in [9.17, 15) is 0 Å². The third kappa shape index (κ3) is 2.85. The summed E-state index contributed by atoms with van der Waals surface area (Å²) in [6, 6.07) is 0.747. The summed E-state index contributed by atoms with van der Waals surface area (Å²) in [4.78, 5) is 4.34. The summed E-state index contributed by atoms with van der Waals surface area (Å²) in [5.74, 6) is 0. The van der Waals surface area contributed by atoms with Gasteiger partial charge in [-0.15, -0.1) is 5.10 Å². The molecule has 2 aliphatic rings. The minimum absolute atomic E-state index is 0.597. The lowest BCUT2D eigenvalue weighted by Gasteiger charge is -2.24. The molecule has 0 saturated heterocycles. The van der Waals surface area contributed by atoms with Crippen LogP contribution in [0.15, 0.2) is 9.89 Å². The van der Waals surface area contributed by atoms with Gasteiger partial charge in [0.25, 0.3) is 0 Å². The van der Waals surface area contributed by atoms with E-state index in [-0.39, 0.29) is 0 Å². The molecule has 3 rings (SSSR count). The lowest BCUT2D eigenvalue weighted by atomic mass is 9.95. The van der Waals surface area contributed by atoms with Gasteiger partial charge in [0.05, 0.1) is 6.54 Å². The monoisotopic (exact) mass is 316 g/mol. The molecule has 1 aromatic heterocycles. The van der Waals surface area contributed by atoms with Crippen molar-refractivity contribution in [3.63, 3.8) is 0 Å². The highest BCUT2D eigenvalue weighted by atomic mass is 79.9. The van der Waals surface area contributed by atoms with Crippen molar-refractivity contribution >= 4 is 27.7 Å². The van der Waals surface area contributed by atoms with E-state index in [1.807, 2.05) is 16.4 Å². The Morgan fingerprint density at radius 1 is 1.35 bits per heavy atom. The second-order valence-electron chi connectivity index (χ2n) is 4.83. The van der Waals surface area contributed by atoms with Gasteiger partial charge in [-0.25, -0.2) is 4.68 Å². The molecule has 1 aliphatic carbocycles. The lowest BCUT2D eigenvalue weighted by molar-refractivity contribution is 0.370. The number of fused-ring (bicyclic) bond motifs is 1. The van der Waals surface area contributed by atoms with Crippen LogP contribution in [0.1, 0.15) is 32.1 Å². The quantitative estimate of drug-likeness (QED) is 0.930. The molecular formula is C11H17BrN4S. The number of hydrogen-bond acceptors (Lipinski definition) is 4. The molecule has 0 radical (unpaired) electrons. The number of nitrogens with zero attached hydrogens (tertiary/aromatic N) is 3. The minimum atomic E-state index is 0.597. The van der Waals surface area contributed by atoms with Crippen molar-refractivity contribution in [1.29, 1.82) is 0 Å². The largest absolute Gasteiger partial charge is 0.313 e. The highest BCUT2D eigenvalue weighted by Gasteiger charge is 2.26. The maximum Gasteiger partial charge on any atom is 0.218 e. The van der Waals surface area contributed by atoms with E-state index in [4.69, 9.17) is 0 Å². The Kier molecular flexibility index (Phi) is 3.72. The molecule has 1 aliphatic heterocycles. The molecule has 0 spiro atoms. The Morgan fingerprint density at radius 3 is 2.94 bits per heavy atom. The van der Waals surface area contributed by atoms with E-state index in [2.05, 4.69) is 31.3 Å². The van der Waals surface area contributed by atoms with Gasteiger partial charge in [-0.2, -0.15) is 4.98 Å². The van der Waals surface area contributed by atoms with E-state index >= 15 is 0 Å². The predicted molar refractivity (Wildman–Crippen MR) is 72.2 cm³/mol. The molecule has 94 valence electrons. The van der Waals surface area contributed by atoms with Gasteiger partial charge in [0.2, 0.25) is 4.73 Å². The lowest BCUT2D eigenvalue weighted by Crippen LogP contribution is -2.36. The first-order valence-electron chi connectivity index (χ1n) is 6.31. The fraction of sp³-hybridized carbons (Fsp3) is 0.818. The Hall–Kier alpha value is -0.0700. The molecule has 6 heteroatoms. The van der Waals surface area contributed by atoms with Crippen molar-refractivity contribution in [2.45, 2.75) is 55.1 Å². The van der Waals surface area contributed by atoms with Gasteiger partial charge < -0.3 is 5.32 Å². The summed E-state index contributed by atoms with van der Waals surface area (Å²) in [6.45, 7) is 2.07. The standard InChI is InChI=1S/C11H17BrN4S/c12-10-14-11-16(15-10)7-9(17-11)6-13-8-4-2-1-3-5-8/h8-9,13H,1-7H2. The third-order valence-corrected chi connectivity index (χ3v) is 5.00. The van der Waals surface area contributed by atoms with E-state index in [1.54, 1.807) is 0 Å². The molecule has 1 fully saturated rings. The van der Waals surface area contributed by atoms with Crippen LogP contribution in [0.3, 0.4) is 0 Å². The summed E-state index contributed by atoms with van der Waals surface area (Å²) < 4.78 is 2.71. The summed E-state index contributed by atoms with van der Waals surface area (Å²) in [7, 11) is 0. The highest BCUT2D eigenvalue weighted by molar-refractivity contribution is 9.10. The van der Waals surface area contributed by atoms with E-state index in [1.165, 1.54) is 32.1 Å². The van der Waals surface area contributed by atoms with Gasteiger partial charge in [-0.3, -0.25) is 0 Å². The maximum absolute atomic E-state index is 4.34. The molecule has 0 amide bonds. The van der Waals surface area contributed by atoms with Gasteiger partial charge in [0.15, 0.2) is 5.16 Å². The normalized spacial score (nSPS) is 25.1. The van der Waals surface area contributed by atoms with Crippen LogP contribution < -0.4 is 5.32 Å². The van der Waals surface area contributed by atoms with Crippen LogP contribution in [0.5, 0.6) is 0 Å². The second-order valence-corrected chi connectivity index (χ2v) is 6.81. The topological polar surface area (TPSA) is 42.7 Å². The molecule has 1 atom stereocenters. The predicted octanol–water partition coefficient (Wildman–Crippen LogP) is 2.44. The maximum atomic E-state index is 4.34. The number of hydrogen-bond donors (Lipinski definition) is 1. The number of halogens is 1. The zero-order valence-electron chi connectivity index (χ0n) is 9.73.